The zero-order valence-electron chi connectivity index (χ0n) is 21.3. The van der Waals surface area contributed by atoms with Gasteiger partial charge in [-0.25, -0.2) is 18.1 Å². The van der Waals surface area contributed by atoms with Crippen LogP contribution in [0.4, 0.5) is 5.82 Å². The minimum absolute atomic E-state index is 0.193. The van der Waals surface area contributed by atoms with Crippen LogP contribution >= 0.6 is 0 Å². The number of aromatic nitrogens is 3. The second kappa shape index (κ2) is 10.8. The summed E-state index contributed by atoms with van der Waals surface area (Å²) in [6, 6.07) is 24.8. The Morgan fingerprint density at radius 2 is 1.63 bits per heavy atom. The van der Waals surface area contributed by atoms with Crippen LogP contribution in [0.1, 0.15) is 29.2 Å². The van der Waals surface area contributed by atoms with Crippen LogP contribution in [0, 0.1) is 6.92 Å². The number of hydrogen-bond donors (Lipinski definition) is 2. The summed E-state index contributed by atoms with van der Waals surface area (Å²) in [4.78, 5) is 5.01. The van der Waals surface area contributed by atoms with Gasteiger partial charge in [0.1, 0.15) is 13.7 Å². The van der Waals surface area contributed by atoms with E-state index in [0.717, 1.165) is 45.7 Å². The lowest BCUT2D eigenvalue weighted by Crippen LogP contribution is -2.23. The Balaban J connectivity index is 1.33. The summed E-state index contributed by atoms with van der Waals surface area (Å²) in [6.45, 7) is 4.78. The van der Waals surface area contributed by atoms with E-state index in [0.29, 0.717) is 17.7 Å². The highest BCUT2D eigenvalue weighted by Crippen LogP contribution is 2.25. The van der Waals surface area contributed by atoms with Gasteiger partial charge in [-0.2, -0.15) is 9.61 Å². The molecule has 0 saturated carbocycles. The van der Waals surface area contributed by atoms with E-state index in [9.17, 15) is 8.42 Å². The van der Waals surface area contributed by atoms with Crippen LogP contribution in [0.25, 0.3) is 16.9 Å². The van der Waals surface area contributed by atoms with Crippen LogP contribution in [0.2, 0.25) is 0 Å². The zero-order valence-corrected chi connectivity index (χ0v) is 22.2. The third kappa shape index (κ3) is 5.49. The Labute approximate surface area is 224 Å². The average molecular weight is 521 g/mol. The summed E-state index contributed by atoms with van der Waals surface area (Å²) < 4.78 is 29.9. The number of aryl methyl sites for hydroxylation is 2. The Bertz CT molecular complexity index is 1700. The highest BCUT2D eigenvalue weighted by Gasteiger charge is 2.14. The number of anilines is 1. The van der Waals surface area contributed by atoms with Gasteiger partial charge in [0.25, 0.3) is 0 Å². The van der Waals surface area contributed by atoms with Crippen molar-refractivity contribution in [1.82, 2.24) is 19.3 Å². The van der Waals surface area contributed by atoms with Crippen molar-refractivity contribution in [3.05, 3.63) is 107 Å². The summed E-state index contributed by atoms with van der Waals surface area (Å²) in [7, 11) is 2.55. The molecule has 0 aliphatic heterocycles. The summed E-state index contributed by atoms with van der Waals surface area (Å²) in [5, 5.41) is 7.84. The Kier molecular flexibility index (Phi) is 7.31. The van der Waals surface area contributed by atoms with E-state index >= 15 is 0 Å². The third-order valence-electron chi connectivity index (χ3n) is 6.49. The van der Waals surface area contributed by atoms with Crippen molar-refractivity contribution in [2.75, 3.05) is 5.32 Å². The van der Waals surface area contributed by atoms with E-state index in [1.54, 1.807) is 22.8 Å². The van der Waals surface area contributed by atoms with Crippen molar-refractivity contribution in [2.45, 2.75) is 38.3 Å². The molecule has 2 aromatic heterocycles. The first-order valence-electron chi connectivity index (χ1n) is 12.4. The quantitative estimate of drug-likeness (QED) is 0.285. The van der Waals surface area contributed by atoms with Crippen LogP contribution in [-0.2, 0) is 29.5 Å². The average Bonchev–Trinajstić information content (AvgIpc) is 3.31. The summed E-state index contributed by atoms with van der Waals surface area (Å²) in [5.74, 6) is 0.756. The van der Waals surface area contributed by atoms with Crippen LogP contribution in [-0.4, -0.2) is 30.9 Å². The van der Waals surface area contributed by atoms with Gasteiger partial charge in [-0.05, 0) is 53.2 Å². The number of nitrogens with one attached hydrogen (secondary N) is 2. The zero-order chi connectivity index (χ0) is 26.7. The van der Waals surface area contributed by atoms with E-state index in [1.165, 1.54) is 0 Å². The minimum atomic E-state index is -3.60. The molecular weight excluding hydrogens is 493 g/mol. The van der Waals surface area contributed by atoms with Gasteiger partial charge in [0, 0.05) is 30.9 Å². The molecule has 0 spiro atoms. The maximum absolute atomic E-state index is 12.8. The first kappa shape index (κ1) is 25.7. The van der Waals surface area contributed by atoms with Crippen LogP contribution in [0.3, 0.4) is 0 Å². The van der Waals surface area contributed by atoms with Gasteiger partial charge in [0.15, 0.2) is 5.65 Å². The van der Waals surface area contributed by atoms with Crippen molar-refractivity contribution in [2.24, 2.45) is 0 Å². The van der Waals surface area contributed by atoms with Crippen LogP contribution < -0.4 is 15.5 Å². The van der Waals surface area contributed by atoms with Crippen molar-refractivity contribution < 1.29 is 8.42 Å². The molecule has 190 valence electrons. The van der Waals surface area contributed by atoms with Crippen molar-refractivity contribution in [1.29, 1.82) is 0 Å². The van der Waals surface area contributed by atoms with Crippen molar-refractivity contribution >= 4 is 34.8 Å². The fraction of sp³-hybridized carbons (Fsp3) is 0.172. The summed E-state index contributed by atoms with van der Waals surface area (Å²) in [5.41, 5.74) is 6.99. The molecular formula is C29H28BN5O2S. The highest BCUT2D eigenvalue weighted by molar-refractivity contribution is 7.89. The smallest absolute Gasteiger partial charge is 0.240 e. The third-order valence-corrected chi connectivity index (χ3v) is 7.91. The van der Waals surface area contributed by atoms with Crippen LogP contribution in [0.5, 0.6) is 0 Å². The van der Waals surface area contributed by atoms with E-state index in [2.05, 4.69) is 15.1 Å². The molecule has 2 radical (unpaired) electrons. The molecule has 0 unspecified atom stereocenters. The highest BCUT2D eigenvalue weighted by atomic mass is 32.2. The van der Waals surface area contributed by atoms with Gasteiger partial charge in [-0.1, -0.05) is 67.6 Å². The maximum atomic E-state index is 12.8. The first-order chi connectivity index (χ1) is 18.3. The molecule has 0 atom stereocenters. The Morgan fingerprint density at radius 1 is 0.895 bits per heavy atom. The lowest BCUT2D eigenvalue weighted by atomic mass is 10.00. The second-order valence-corrected chi connectivity index (χ2v) is 10.9. The fourth-order valence-electron chi connectivity index (χ4n) is 4.31. The SMILES string of the molecule is [B]c1cnn2c(NCc3cccc(CNS(=O)(=O)c4ccc(CC)cc4)c3)cc(-c3ccccc3C)nc12. The summed E-state index contributed by atoms with van der Waals surface area (Å²) in [6.07, 6.45) is 2.46. The predicted molar refractivity (Wildman–Crippen MR) is 152 cm³/mol. The van der Waals surface area contributed by atoms with Gasteiger partial charge in [0.05, 0.1) is 10.6 Å². The number of benzene rings is 3. The molecule has 2 N–H and O–H groups in total. The molecule has 38 heavy (non-hydrogen) atoms. The van der Waals surface area contributed by atoms with Gasteiger partial charge in [-0.15, -0.1) is 0 Å². The normalized spacial score (nSPS) is 11.6. The molecule has 0 fully saturated rings. The van der Waals surface area contributed by atoms with Gasteiger partial charge >= 0.3 is 0 Å². The predicted octanol–water partition coefficient (Wildman–Crippen LogP) is 4.15. The van der Waals surface area contributed by atoms with E-state index < -0.39 is 10.0 Å². The number of rotatable bonds is 9. The molecule has 5 aromatic rings. The minimum Gasteiger partial charge on any atom is -0.366 e. The van der Waals surface area contributed by atoms with E-state index in [4.69, 9.17) is 12.8 Å². The molecule has 0 bridgehead atoms. The standard InChI is InChI=1S/C29H28BN5O2S/c1-3-21-11-13-24(14-12-21)38(36,37)33-18-23-9-6-8-22(15-23)17-31-28-16-27(25-10-5-4-7-20(25)2)34-29-26(30)19-32-35(28)29/h4-16,19,31,33H,3,17-18H2,1-2H3. The monoisotopic (exact) mass is 521 g/mol. The molecule has 5 rings (SSSR count). The molecule has 0 amide bonds. The summed E-state index contributed by atoms with van der Waals surface area (Å²) >= 11 is 0. The molecule has 7 nitrogen and oxygen atoms in total. The second-order valence-electron chi connectivity index (χ2n) is 9.17. The first-order valence-corrected chi connectivity index (χ1v) is 13.9. The number of sulfonamides is 1. The fourth-order valence-corrected chi connectivity index (χ4v) is 5.33. The number of hydrogen-bond acceptors (Lipinski definition) is 5. The van der Waals surface area contributed by atoms with E-state index in [-0.39, 0.29) is 11.4 Å². The Hall–Kier alpha value is -3.95. The number of nitrogens with zero attached hydrogens (tertiary/aromatic N) is 3. The van der Waals surface area contributed by atoms with Crippen molar-refractivity contribution in [3.63, 3.8) is 0 Å². The van der Waals surface area contributed by atoms with Crippen molar-refractivity contribution in [3.8, 4) is 11.3 Å². The molecule has 9 heteroatoms. The van der Waals surface area contributed by atoms with Gasteiger partial charge < -0.3 is 5.32 Å². The molecule has 0 aliphatic rings. The number of fused-ring (bicyclic) bond motifs is 1. The molecule has 3 aromatic carbocycles. The van der Waals surface area contributed by atoms with E-state index in [1.807, 2.05) is 80.6 Å². The lowest BCUT2D eigenvalue weighted by molar-refractivity contribution is 0.581. The molecule has 0 aliphatic carbocycles. The largest absolute Gasteiger partial charge is 0.366 e. The Morgan fingerprint density at radius 3 is 2.37 bits per heavy atom. The molecule has 2 heterocycles. The lowest BCUT2D eigenvalue weighted by Gasteiger charge is -2.13. The molecule has 0 saturated heterocycles. The van der Waals surface area contributed by atoms with Gasteiger partial charge in [-0.3, -0.25) is 0 Å². The topological polar surface area (TPSA) is 88.4 Å². The maximum Gasteiger partial charge on any atom is 0.240 e. The van der Waals surface area contributed by atoms with Gasteiger partial charge in [0.2, 0.25) is 10.0 Å². The van der Waals surface area contributed by atoms with Crippen LogP contribution in [0.15, 0.2) is 90.0 Å².